The number of nitrogens with zero attached hydrogens (tertiary/aromatic N) is 2. The molecule has 0 saturated carbocycles. The van der Waals surface area contributed by atoms with Gasteiger partial charge in [0.25, 0.3) is 11.5 Å². The van der Waals surface area contributed by atoms with Crippen LogP contribution in [0.3, 0.4) is 0 Å². The van der Waals surface area contributed by atoms with Crippen LogP contribution < -0.4 is 16.2 Å². The molecule has 8 heteroatoms. The minimum atomic E-state index is -0.455. The highest BCUT2D eigenvalue weighted by molar-refractivity contribution is 6.04. The second-order valence-corrected chi connectivity index (χ2v) is 7.65. The summed E-state index contributed by atoms with van der Waals surface area (Å²) in [6.07, 6.45) is 1.33. The zero-order valence-electron chi connectivity index (χ0n) is 17.2. The number of carbonyl (C=O) groups is 2. The number of nitrogens with one attached hydrogen (secondary N) is 2. The van der Waals surface area contributed by atoms with Crippen molar-refractivity contribution in [2.75, 3.05) is 11.9 Å². The Morgan fingerprint density at radius 1 is 1.10 bits per heavy atom. The molecule has 2 aromatic heterocycles. The molecule has 0 fully saturated rings. The first kappa shape index (κ1) is 20.3. The molecule has 2 aromatic carbocycles. The summed E-state index contributed by atoms with van der Waals surface area (Å²) < 4.78 is 6.82. The van der Waals surface area contributed by atoms with Gasteiger partial charge in [0.05, 0.1) is 17.6 Å². The maximum atomic E-state index is 12.8. The van der Waals surface area contributed by atoms with E-state index in [2.05, 4.69) is 15.6 Å². The van der Waals surface area contributed by atoms with E-state index in [-0.39, 0.29) is 18.0 Å². The molecular weight excluding hydrogens is 396 g/mol. The Hall–Kier alpha value is -3.94. The highest BCUT2D eigenvalue weighted by atomic mass is 16.3. The number of amides is 2. The van der Waals surface area contributed by atoms with Crippen molar-refractivity contribution >= 4 is 39.6 Å². The van der Waals surface area contributed by atoms with Crippen LogP contribution in [-0.4, -0.2) is 27.9 Å². The fourth-order valence-corrected chi connectivity index (χ4v) is 3.25. The van der Waals surface area contributed by atoms with Crippen LogP contribution in [0.25, 0.3) is 22.1 Å². The highest BCUT2D eigenvalue weighted by Crippen LogP contribution is 2.24. The van der Waals surface area contributed by atoms with E-state index in [1.54, 1.807) is 30.3 Å². The summed E-state index contributed by atoms with van der Waals surface area (Å²) in [6.45, 7) is 4.26. The minimum Gasteiger partial charge on any atom is -0.448 e. The number of furan rings is 1. The lowest BCUT2D eigenvalue weighted by atomic mass is 10.1. The van der Waals surface area contributed by atoms with Gasteiger partial charge in [-0.25, -0.2) is 4.98 Å². The molecule has 2 N–H and O–H groups in total. The van der Waals surface area contributed by atoms with Crippen molar-refractivity contribution in [2.45, 2.75) is 20.4 Å². The van der Waals surface area contributed by atoms with E-state index in [1.165, 1.54) is 10.9 Å². The first-order chi connectivity index (χ1) is 14.9. The van der Waals surface area contributed by atoms with Gasteiger partial charge in [-0.1, -0.05) is 38.1 Å². The maximum absolute atomic E-state index is 12.8. The zero-order chi connectivity index (χ0) is 22.0. The van der Waals surface area contributed by atoms with Crippen LogP contribution >= 0.6 is 0 Å². The Labute approximate surface area is 177 Å². The standard InChI is InChI=1S/C23H22N4O4/c1-14(2)11-24-22(29)15-7-3-5-9-17(15)26-19(28)12-27-13-25-20-16-8-4-6-10-18(16)31-21(20)23(27)30/h3-10,13-14H,11-12H2,1-2H3,(H,24,29)(H,26,28). The SMILES string of the molecule is CC(C)CNC(=O)c1ccccc1NC(=O)Cn1cnc2c(oc3ccccc32)c1=O. The normalized spacial score (nSPS) is 11.2. The van der Waals surface area contributed by atoms with Crippen LogP contribution in [0.1, 0.15) is 24.2 Å². The molecule has 2 heterocycles. The monoisotopic (exact) mass is 418 g/mol. The van der Waals surface area contributed by atoms with Gasteiger partial charge in [-0.3, -0.25) is 19.0 Å². The fraction of sp³-hybridized carbons (Fsp3) is 0.217. The second kappa shape index (κ2) is 8.43. The quantitative estimate of drug-likeness (QED) is 0.500. The lowest BCUT2D eigenvalue weighted by Crippen LogP contribution is -2.30. The van der Waals surface area contributed by atoms with E-state index in [4.69, 9.17) is 4.42 Å². The van der Waals surface area contributed by atoms with Crippen molar-refractivity contribution < 1.29 is 14.0 Å². The number of hydrogen-bond acceptors (Lipinski definition) is 5. The maximum Gasteiger partial charge on any atom is 0.297 e. The Bertz CT molecular complexity index is 1340. The minimum absolute atomic E-state index is 0.102. The van der Waals surface area contributed by atoms with Crippen molar-refractivity contribution in [3.63, 3.8) is 0 Å². The van der Waals surface area contributed by atoms with Crippen LogP contribution in [0.15, 0.2) is 64.1 Å². The third-order valence-corrected chi connectivity index (χ3v) is 4.78. The van der Waals surface area contributed by atoms with Crippen molar-refractivity contribution in [2.24, 2.45) is 5.92 Å². The van der Waals surface area contributed by atoms with Crippen molar-refractivity contribution in [3.8, 4) is 0 Å². The van der Waals surface area contributed by atoms with Crippen LogP contribution in [0.2, 0.25) is 0 Å². The summed E-state index contributed by atoms with van der Waals surface area (Å²) >= 11 is 0. The van der Waals surface area contributed by atoms with E-state index in [9.17, 15) is 14.4 Å². The molecule has 0 bridgehead atoms. The van der Waals surface area contributed by atoms with E-state index in [1.807, 2.05) is 32.0 Å². The molecule has 0 aliphatic rings. The highest BCUT2D eigenvalue weighted by Gasteiger charge is 2.16. The van der Waals surface area contributed by atoms with Gasteiger partial charge in [0.1, 0.15) is 17.6 Å². The summed E-state index contributed by atoms with van der Waals surface area (Å²) in [5.41, 5.74) is 1.41. The largest absolute Gasteiger partial charge is 0.448 e. The molecule has 158 valence electrons. The lowest BCUT2D eigenvalue weighted by Gasteiger charge is -2.13. The van der Waals surface area contributed by atoms with E-state index >= 15 is 0 Å². The molecule has 4 rings (SSSR count). The molecule has 0 atom stereocenters. The van der Waals surface area contributed by atoms with Gasteiger partial charge in [0.15, 0.2) is 0 Å². The Kier molecular flexibility index (Phi) is 5.53. The van der Waals surface area contributed by atoms with Gasteiger partial charge in [0, 0.05) is 11.9 Å². The molecule has 8 nitrogen and oxygen atoms in total. The Balaban J connectivity index is 1.55. The van der Waals surface area contributed by atoms with E-state index in [0.717, 1.165) is 5.39 Å². The number of fused-ring (bicyclic) bond motifs is 3. The second-order valence-electron chi connectivity index (χ2n) is 7.65. The number of rotatable bonds is 6. The molecule has 0 aliphatic carbocycles. The number of anilines is 1. The number of para-hydroxylation sites is 2. The summed E-state index contributed by atoms with van der Waals surface area (Å²) in [5, 5.41) is 6.29. The van der Waals surface area contributed by atoms with Gasteiger partial charge in [-0.2, -0.15) is 0 Å². The average Bonchev–Trinajstić information content (AvgIpc) is 3.14. The summed E-state index contributed by atoms with van der Waals surface area (Å²) in [7, 11) is 0. The molecule has 0 saturated heterocycles. The third kappa shape index (κ3) is 4.18. The zero-order valence-corrected chi connectivity index (χ0v) is 17.2. The van der Waals surface area contributed by atoms with Crippen LogP contribution in [0.4, 0.5) is 5.69 Å². The topological polar surface area (TPSA) is 106 Å². The predicted octanol–water partition coefficient (Wildman–Crippen LogP) is 3.17. The van der Waals surface area contributed by atoms with E-state index < -0.39 is 11.5 Å². The molecule has 0 unspecified atom stereocenters. The summed E-state index contributed by atoms with van der Waals surface area (Å²) in [6, 6.07) is 14.0. The van der Waals surface area contributed by atoms with E-state index in [0.29, 0.717) is 34.8 Å². The Morgan fingerprint density at radius 2 is 1.84 bits per heavy atom. The molecular formula is C23H22N4O4. The van der Waals surface area contributed by atoms with Crippen LogP contribution in [-0.2, 0) is 11.3 Å². The average molecular weight is 418 g/mol. The van der Waals surface area contributed by atoms with Crippen LogP contribution in [0, 0.1) is 5.92 Å². The molecule has 31 heavy (non-hydrogen) atoms. The third-order valence-electron chi connectivity index (χ3n) is 4.78. The molecule has 0 radical (unpaired) electrons. The van der Waals surface area contributed by atoms with Gasteiger partial charge in [-0.15, -0.1) is 0 Å². The summed E-state index contributed by atoms with van der Waals surface area (Å²) in [5.74, 6) is -0.422. The van der Waals surface area contributed by atoms with Crippen LogP contribution in [0.5, 0.6) is 0 Å². The lowest BCUT2D eigenvalue weighted by molar-refractivity contribution is -0.116. The molecule has 0 spiro atoms. The van der Waals surface area contributed by atoms with Crippen molar-refractivity contribution in [3.05, 3.63) is 70.8 Å². The van der Waals surface area contributed by atoms with Crippen molar-refractivity contribution in [1.29, 1.82) is 0 Å². The first-order valence-electron chi connectivity index (χ1n) is 9.98. The fourth-order valence-electron chi connectivity index (χ4n) is 3.25. The number of benzene rings is 2. The molecule has 0 aliphatic heterocycles. The van der Waals surface area contributed by atoms with Crippen molar-refractivity contribution in [1.82, 2.24) is 14.9 Å². The Morgan fingerprint density at radius 3 is 2.65 bits per heavy atom. The van der Waals surface area contributed by atoms with Gasteiger partial charge in [-0.05, 0) is 30.2 Å². The first-order valence-corrected chi connectivity index (χ1v) is 9.98. The summed E-state index contributed by atoms with van der Waals surface area (Å²) in [4.78, 5) is 42.2. The van der Waals surface area contributed by atoms with Gasteiger partial charge >= 0.3 is 0 Å². The number of aromatic nitrogens is 2. The molecule has 4 aromatic rings. The smallest absolute Gasteiger partial charge is 0.297 e. The number of carbonyl (C=O) groups excluding carboxylic acids is 2. The predicted molar refractivity (Wildman–Crippen MR) is 118 cm³/mol. The van der Waals surface area contributed by atoms with Gasteiger partial charge < -0.3 is 15.1 Å². The van der Waals surface area contributed by atoms with Gasteiger partial charge in [0.2, 0.25) is 11.5 Å². The number of hydrogen-bond donors (Lipinski definition) is 2. The molecule has 2 amide bonds.